The first-order valence-corrected chi connectivity index (χ1v) is 4.33. The highest BCUT2D eigenvalue weighted by Gasteiger charge is 1.95. The zero-order valence-electron chi connectivity index (χ0n) is 8.26. The van der Waals surface area contributed by atoms with Crippen LogP contribution in [0.3, 0.4) is 0 Å². The van der Waals surface area contributed by atoms with Crippen LogP contribution in [0, 0.1) is 24.7 Å². The number of nitrogen functional groups attached to an aromatic ring is 1. The van der Waals surface area contributed by atoms with Crippen LogP contribution in [0.1, 0.15) is 25.1 Å². The largest absolute Gasteiger partial charge is 0.396 e. The molecule has 1 rings (SSSR count). The summed E-state index contributed by atoms with van der Waals surface area (Å²) in [6, 6.07) is 1.91. The first kappa shape index (κ1) is 9.60. The van der Waals surface area contributed by atoms with Crippen molar-refractivity contribution in [1.29, 1.82) is 0 Å². The minimum Gasteiger partial charge on any atom is -0.396 e. The zero-order chi connectivity index (χ0) is 9.84. The van der Waals surface area contributed by atoms with Crippen molar-refractivity contribution in [2.24, 2.45) is 5.92 Å². The van der Waals surface area contributed by atoms with E-state index in [4.69, 9.17) is 5.73 Å². The Labute approximate surface area is 79.2 Å². The van der Waals surface area contributed by atoms with E-state index in [-0.39, 0.29) is 0 Å². The molecule has 0 unspecified atom stereocenters. The molecule has 1 aromatic rings. The normalized spacial score (nSPS) is 9.54. The molecule has 0 fully saturated rings. The molecule has 68 valence electrons. The van der Waals surface area contributed by atoms with Gasteiger partial charge in [-0.1, -0.05) is 25.7 Å². The van der Waals surface area contributed by atoms with Crippen molar-refractivity contribution in [2.75, 3.05) is 5.73 Å². The number of nitrogens with two attached hydrogens (primary N) is 1. The summed E-state index contributed by atoms with van der Waals surface area (Å²) in [5.74, 6) is 6.48. The van der Waals surface area contributed by atoms with Crippen LogP contribution >= 0.6 is 0 Å². The molecule has 0 saturated heterocycles. The number of anilines is 1. The Kier molecular flexibility index (Phi) is 2.92. The smallest absolute Gasteiger partial charge is 0.0659 e. The molecule has 0 amide bonds. The molecular formula is C11H14N2. The van der Waals surface area contributed by atoms with Gasteiger partial charge in [0, 0.05) is 11.6 Å². The Bertz CT molecular complexity index is 356. The van der Waals surface area contributed by atoms with Gasteiger partial charge in [-0.25, -0.2) is 0 Å². The van der Waals surface area contributed by atoms with Crippen molar-refractivity contribution < 1.29 is 0 Å². The van der Waals surface area contributed by atoms with Crippen LogP contribution in [0.15, 0.2) is 12.3 Å². The first-order valence-electron chi connectivity index (χ1n) is 4.33. The highest BCUT2D eigenvalue weighted by molar-refractivity contribution is 5.54. The predicted molar refractivity (Wildman–Crippen MR) is 55.1 cm³/mol. The molecule has 2 nitrogen and oxygen atoms in total. The minimum absolute atomic E-state index is 0.368. The third kappa shape index (κ3) is 2.79. The summed E-state index contributed by atoms with van der Waals surface area (Å²) in [5, 5.41) is 0. The number of hydrogen-bond donors (Lipinski definition) is 1. The van der Waals surface area contributed by atoms with E-state index in [2.05, 4.69) is 30.7 Å². The van der Waals surface area contributed by atoms with Gasteiger partial charge in [0.05, 0.1) is 17.4 Å². The van der Waals surface area contributed by atoms with E-state index in [0.29, 0.717) is 11.6 Å². The molecule has 0 atom stereocenters. The van der Waals surface area contributed by atoms with Gasteiger partial charge < -0.3 is 5.73 Å². The van der Waals surface area contributed by atoms with Crippen LogP contribution in [0.4, 0.5) is 5.69 Å². The lowest BCUT2D eigenvalue weighted by molar-refractivity contribution is 0.866. The molecule has 1 aromatic heterocycles. The number of rotatable bonds is 0. The average molecular weight is 174 g/mol. The zero-order valence-corrected chi connectivity index (χ0v) is 8.26. The molecule has 0 bridgehead atoms. The lowest BCUT2D eigenvalue weighted by Gasteiger charge is -1.98. The number of hydrogen-bond acceptors (Lipinski definition) is 2. The van der Waals surface area contributed by atoms with E-state index in [9.17, 15) is 0 Å². The SMILES string of the molecule is Cc1cc(C#CC(C)C)c(N)cn1. The Balaban J connectivity index is 3.02. The number of pyridine rings is 1. The number of aromatic nitrogens is 1. The highest BCUT2D eigenvalue weighted by atomic mass is 14.7. The maximum Gasteiger partial charge on any atom is 0.0659 e. The fourth-order valence-electron chi connectivity index (χ4n) is 0.901. The molecule has 1 heterocycles. The van der Waals surface area contributed by atoms with Crippen molar-refractivity contribution in [3.05, 3.63) is 23.5 Å². The van der Waals surface area contributed by atoms with Gasteiger partial charge in [-0.15, -0.1) is 0 Å². The van der Waals surface area contributed by atoms with Gasteiger partial charge in [0.15, 0.2) is 0 Å². The van der Waals surface area contributed by atoms with E-state index in [1.807, 2.05) is 13.0 Å². The Hall–Kier alpha value is -1.49. The first-order chi connectivity index (χ1) is 6.09. The van der Waals surface area contributed by atoms with Crippen molar-refractivity contribution in [2.45, 2.75) is 20.8 Å². The summed E-state index contributed by atoms with van der Waals surface area (Å²) in [7, 11) is 0. The number of nitrogens with zero attached hydrogens (tertiary/aromatic N) is 1. The Morgan fingerprint density at radius 1 is 1.46 bits per heavy atom. The van der Waals surface area contributed by atoms with Crippen molar-refractivity contribution in [3.8, 4) is 11.8 Å². The summed E-state index contributed by atoms with van der Waals surface area (Å²) in [4.78, 5) is 4.07. The summed E-state index contributed by atoms with van der Waals surface area (Å²) in [6.45, 7) is 6.04. The van der Waals surface area contributed by atoms with E-state index < -0.39 is 0 Å². The van der Waals surface area contributed by atoms with E-state index >= 15 is 0 Å². The van der Waals surface area contributed by atoms with Crippen molar-refractivity contribution in [1.82, 2.24) is 4.98 Å². The lowest BCUT2D eigenvalue weighted by Crippen LogP contribution is -1.93. The third-order valence-corrected chi connectivity index (χ3v) is 1.57. The van der Waals surface area contributed by atoms with E-state index in [1.165, 1.54) is 0 Å². The molecule has 0 radical (unpaired) electrons. The van der Waals surface area contributed by atoms with Gasteiger partial charge in [-0.3, -0.25) is 4.98 Å². The van der Waals surface area contributed by atoms with Gasteiger partial charge >= 0.3 is 0 Å². The molecule has 0 aromatic carbocycles. The second-order valence-corrected chi connectivity index (χ2v) is 3.34. The van der Waals surface area contributed by atoms with Crippen LogP contribution in [-0.4, -0.2) is 4.98 Å². The molecule has 0 spiro atoms. The quantitative estimate of drug-likeness (QED) is 0.611. The number of aryl methyl sites for hydroxylation is 1. The fraction of sp³-hybridized carbons (Fsp3) is 0.364. The van der Waals surface area contributed by atoms with Crippen LogP contribution in [0.25, 0.3) is 0 Å². The van der Waals surface area contributed by atoms with Crippen LogP contribution in [0.5, 0.6) is 0 Å². The fourth-order valence-corrected chi connectivity index (χ4v) is 0.901. The van der Waals surface area contributed by atoms with E-state index in [0.717, 1.165) is 11.3 Å². The summed E-state index contributed by atoms with van der Waals surface area (Å²) in [6.07, 6.45) is 1.65. The molecule has 13 heavy (non-hydrogen) atoms. The van der Waals surface area contributed by atoms with Gasteiger partial charge in [-0.05, 0) is 13.0 Å². The van der Waals surface area contributed by atoms with Crippen LogP contribution in [0.2, 0.25) is 0 Å². The van der Waals surface area contributed by atoms with Crippen molar-refractivity contribution >= 4 is 5.69 Å². The molecule has 0 aliphatic rings. The Morgan fingerprint density at radius 3 is 2.77 bits per heavy atom. The molecular weight excluding hydrogens is 160 g/mol. The predicted octanol–water partition coefficient (Wildman–Crippen LogP) is 1.98. The molecule has 0 aliphatic carbocycles. The van der Waals surface area contributed by atoms with Crippen LogP contribution < -0.4 is 5.73 Å². The second-order valence-electron chi connectivity index (χ2n) is 3.34. The van der Waals surface area contributed by atoms with E-state index in [1.54, 1.807) is 6.20 Å². The van der Waals surface area contributed by atoms with Crippen LogP contribution in [-0.2, 0) is 0 Å². The van der Waals surface area contributed by atoms with Gasteiger partial charge in [0.25, 0.3) is 0 Å². The molecule has 2 heteroatoms. The standard InChI is InChI=1S/C11H14N2/c1-8(2)4-5-10-6-9(3)13-7-11(10)12/h6-8H,12H2,1-3H3. The maximum absolute atomic E-state index is 5.71. The lowest BCUT2D eigenvalue weighted by atomic mass is 10.1. The third-order valence-electron chi connectivity index (χ3n) is 1.57. The molecule has 0 aliphatic heterocycles. The molecule has 2 N–H and O–H groups in total. The molecule has 0 saturated carbocycles. The van der Waals surface area contributed by atoms with Crippen molar-refractivity contribution in [3.63, 3.8) is 0 Å². The van der Waals surface area contributed by atoms with Gasteiger partial charge in [0.1, 0.15) is 0 Å². The summed E-state index contributed by atoms with van der Waals surface area (Å²) < 4.78 is 0. The maximum atomic E-state index is 5.71. The second kappa shape index (κ2) is 3.95. The average Bonchev–Trinajstić information content (AvgIpc) is 2.06. The monoisotopic (exact) mass is 174 g/mol. The van der Waals surface area contributed by atoms with Gasteiger partial charge in [0.2, 0.25) is 0 Å². The van der Waals surface area contributed by atoms with Gasteiger partial charge in [-0.2, -0.15) is 0 Å². The summed E-state index contributed by atoms with van der Waals surface area (Å²) >= 11 is 0. The topological polar surface area (TPSA) is 38.9 Å². The summed E-state index contributed by atoms with van der Waals surface area (Å²) in [5.41, 5.74) is 8.18. The highest BCUT2D eigenvalue weighted by Crippen LogP contribution is 2.09. The Morgan fingerprint density at radius 2 is 2.15 bits per heavy atom. The minimum atomic E-state index is 0.368.